The van der Waals surface area contributed by atoms with Crippen molar-refractivity contribution in [3.63, 3.8) is 0 Å². The van der Waals surface area contributed by atoms with Crippen LogP contribution < -0.4 is 5.73 Å². The van der Waals surface area contributed by atoms with Crippen LogP contribution in [0.4, 0.5) is 0 Å². The van der Waals surface area contributed by atoms with E-state index in [1.165, 1.54) is 0 Å². The second kappa shape index (κ2) is 5.11. The summed E-state index contributed by atoms with van der Waals surface area (Å²) in [7, 11) is 0. The molecule has 0 spiro atoms. The Morgan fingerprint density at radius 2 is 1.80 bits per heavy atom. The molecule has 0 radical (unpaired) electrons. The van der Waals surface area contributed by atoms with Crippen LogP contribution in [0.1, 0.15) is 48.0 Å². The molecule has 1 heterocycles. The van der Waals surface area contributed by atoms with Gasteiger partial charge < -0.3 is 15.7 Å². The van der Waals surface area contributed by atoms with Crippen molar-refractivity contribution in [2.45, 2.75) is 54.0 Å². The van der Waals surface area contributed by atoms with Gasteiger partial charge in [-0.2, -0.15) is 0 Å². The largest absolute Gasteiger partial charge is 0.509 e. The number of carbonyl (C=O) groups is 2. The van der Waals surface area contributed by atoms with Crippen LogP contribution in [0.3, 0.4) is 0 Å². The van der Waals surface area contributed by atoms with E-state index in [4.69, 9.17) is 5.73 Å². The maximum Gasteiger partial charge on any atom is 0.263 e. The summed E-state index contributed by atoms with van der Waals surface area (Å²) in [4.78, 5) is 25.4. The maximum absolute atomic E-state index is 12.4. The molecular formula is C15H26N2O3. The van der Waals surface area contributed by atoms with Crippen LogP contribution >= 0.6 is 0 Å². The molecule has 0 fully saturated rings. The van der Waals surface area contributed by atoms with Gasteiger partial charge in [0, 0.05) is 6.54 Å². The normalized spacial score (nSPS) is 20.8. The van der Waals surface area contributed by atoms with Crippen LogP contribution in [0.5, 0.6) is 0 Å². The number of carbonyl (C=O) groups excluding carboxylic acids is 2. The Labute approximate surface area is 120 Å². The number of rotatable bonds is 4. The van der Waals surface area contributed by atoms with Gasteiger partial charge in [0.1, 0.15) is 11.3 Å². The fourth-order valence-corrected chi connectivity index (χ4v) is 2.50. The number of hydrogen-bond donors (Lipinski definition) is 2. The lowest BCUT2D eigenvalue weighted by Crippen LogP contribution is -2.48. The first-order valence-electron chi connectivity index (χ1n) is 6.96. The van der Waals surface area contributed by atoms with E-state index in [2.05, 4.69) is 20.8 Å². The molecule has 0 aromatic rings. The van der Waals surface area contributed by atoms with E-state index in [0.29, 0.717) is 6.54 Å². The molecule has 20 heavy (non-hydrogen) atoms. The molecule has 0 aromatic heterocycles. The zero-order valence-electron chi connectivity index (χ0n) is 13.3. The van der Waals surface area contributed by atoms with Crippen LogP contribution in [0.15, 0.2) is 11.3 Å². The summed E-state index contributed by atoms with van der Waals surface area (Å²) in [5.74, 6) is -1.52. The molecule has 114 valence electrons. The Morgan fingerprint density at radius 1 is 1.30 bits per heavy atom. The average molecular weight is 282 g/mol. The number of aliphatic hydroxyl groups is 1. The SMILES string of the molecule is CCC(C)(C)CN1C(=O)C(C(N)=O)=C(O)[C@@H]1C(C)(C)C. The van der Waals surface area contributed by atoms with Crippen molar-refractivity contribution in [3.05, 3.63) is 11.3 Å². The molecule has 1 atom stereocenters. The van der Waals surface area contributed by atoms with Crippen LogP contribution in [0, 0.1) is 10.8 Å². The lowest BCUT2D eigenvalue weighted by atomic mass is 9.83. The van der Waals surface area contributed by atoms with Crippen molar-refractivity contribution < 1.29 is 14.7 Å². The van der Waals surface area contributed by atoms with Gasteiger partial charge >= 0.3 is 0 Å². The van der Waals surface area contributed by atoms with Gasteiger partial charge in [0.2, 0.25) is 0 Å². The van der Waals surface area contributed by atoms with Gasteiger partial charge in [0.15, 0.2) is 0 Å². The maximum atomic E-state index is 12.4. The molecule has 0 unspecified atom stereocenters. The van der Waals surface area contributed by atoms with E-state index < -0.39 is 17.9 Å². The lowest BCUT2D eigenvalue weighted by molar-refractivity contribution is -0.132. The Morgan fingerprint density at radius 3 is 2.15 bits per heavy atom. The molecule has 0 aliphatic carbocycles. The number of amides is 2. The van der Waals surface area contributed by atoms with Gasteiger partial charge in [0.25, 0.3) is 11.8 Å². The van der Waals surface area contributed by atoms with E-state index in [1.54, 1.807) is 4.90 Å². The summed E-state index contributed by atoms with van der Waals surface area (Å²) in [5, 5.41) is 10.3. The first kappa shape index (κ1) is 16.5. The Bertz CT molecular complexity index is 458. The van der Waals surface area contributed by atoms with Gasteiger partial charge in [-0.05, 0) is 17.3 Å². The summed E-state index contributed by atoms with van der Waals surface area (Å²) < 4.78 is 0. The lowest BCUT2D eigenvalue weighted by Gasteiger charge is -2.39. The monoisotopic (exact) mass is 282 g/mol. The number of primary amides is 1. The highest BCUT2D eigenvalue weighted by molar-refractivity contribution is 6.20. The molecule has 5 nitrogen and oxygen atoms in total. The summed E-state index contributed by atoms with van der Waals surface area (Å²) in [6.45, 7) is 12.4. The summed E-state index contributed by atoms with van der Waals surface area (Å²) in [6.07, 6.45) is 0.889. The Balaban J connectivity index is 3.25. The minimum absolute atomic E-state index is 0.0907. The highest BCUT2D eigenvalue weighted by Crippen LogP contribution is 2.38. The van der Waals surface area contributed by atoms with Crippen molar-refractivity contribution >= 4 is 11.8 Å². The second-order valence-corrected chi connectivity index (χ2v) is 7.34. The van der Waals surface area contributed by atoms with Gasteiger partial charge in [-0.3, -0.25) is 9.59 Å². The molecule has 2 amide bonds. The summed E-state index contributed by atoms with van der Waals surface area (Å²) in [5.41, 5.74) is 4.51. The molecule has 3 N–H and O–H groups in total. The average Bonchev–Trinajstić information content (AvgIpc) is 2.49. The Kier molecular flexibility index (Phi) is 4.22. The molecule has 0 aromatic carbocycles. The molecular weight excluding hydrogens is 256 g/mol. The summed E-state index contributed by atoms with van der Waals surface area (Å²) >= 11 is 0. The van der Waals surface area contributed by atoms with E-state index in [9.17, 15) is 14.7 Å². The number of aliphatic hydroxyl groups excluding tert-OH is 1. The van der Waals surface area contributed by atoms with Gasteiger partial charge in [-0.15, -0.1) is 0 Å². The number of nitrogens with two attached hydrogens (primary N) is 1. The van der Waals surface area contributed by atoms with Crippen LogP contribution in [0.2, 0.25) is 0 Å². The van der Waals surface area contributed by atoms with E-state index in [0.717, 1.165) is 6.42 Å². The van der Waals surface area contributed by atoms with Crippen molar-refractivity contribution in [1.82, 2.24) is 4.90 Å². The zero-order chi connectivity index (χ0) is 15.9. The number of nitrogens with zero attached hydrogens (tertiary/aromatic N) is 1. The standard InChI is InChI=1S/C15H26N2O3/c1-7-15(5,6)8-17-11(14(2,3)4)10(18)9(12(16)19)13(17)20/h11,18H,7-8H2,1-6H3,(H2,16,19)/t11-/m1/s1. The van der Waals surface area contributed by atoms with E-state index in [-0.39, 0.29) is 22.2 Å². The molecule has 5 heteroatoms. The highest BCUT2D eigenvalue weighted by atomic mass is 16.3. The molecule has 0 saturated heterocycles. The third-order valence-corrected chi connectivity index (χ3v) is 3.92. The predicted molar refractivity (Wildman–Crippen MR) is 77.9 cm³/mol. The highest BCUT2D eigenvalue weighted by Gasteiger charge is 2.48. The molecule has 1 rings (SSSR count). The first-order valence-corrected chi connectivity index (χ1v) is 6.96. The fourth-order valence-electron chi connectivity index (χ4n) is 2.50. The van der Waals surface area contributed by atoms with Gasteiger partial charge in [-0.1, -0.05) is 41.5 Å². The van der Waals surface area contributed by atoms with Crippen LogP contribution in [-0.2, 0) is 9.59 Å². The molecule has 1 aliphatic rings. The minimum Gasteiger partial charge on any atom is -0.509 e. The second-order valence-electron chi connectivity index (χ2n) is 7.34. The van der Waals surface area contributed by atoms with Crippen molar-refractivity contribution in [3.8, 4) is 0 Å². The topological polar surface area (TPSA) is 83.6 Å². The van der Waals surface area contributed by atoms with Gasteiger partial charge in [-0.25, -0.2) is 0 Å². The minimum atomic E-state index is -0.862. The molecule has 1 aliphatic heterocycles. The number of hydrogen-bond acceptors (Lipinski definition) is 3. The molecule has 0 saturated carbocycles. The van der Waals surface area contributed by atoms with Crippen molar-refractivity contribution in [1.29, 1.82) is 0 Å². The fraction of sp³-hybridized carbons (Fsp3) is 0.733. The van der Waals surface area contributed by atoms with Crippen LogP contribution in [0.25, 0.3) is 0 Å². The predicted octanol–water partition coefficient (Wildman–Crippen LogP) is 1.98. The van der Waals surface area contributed by atoms with E-state index >= 15 is 0 Å². The van der Waals surface area contributed by atoms with E-state index in [1.807, 2.05) is 20.8 Å². The first-order chi connectivity index (χ1) is 8.92. The molecule has 0 bridgehead atoms. The smallest absolute Gasteiger partial charge is 0.263 e. The third-order valence-electron chi connectivity index (χ3n) is 3.92. The van der Waals surface area contributed by atoms with Gasteiger partial charge in [0.05, 0.1) is 6.04 Å². The Hall–Kier alpha value is -1.52. The third kappa shape index (κ3) is 2.97. The quantitative estimate of drug-likeness (QED) is 0.773. The zero-order valence-corrected chi connectivity index (χ0v) is 13.3. The van der Waals surface area contributed by atoms with Crippen molar-refractivity contribution in [2.24, 2.45) is 16.6 Å². The van der Waals surface area contributed by atoms with Crippen LogP contribution in [-0.4, -0.2) is 34.4 Å². The summed E-state index contributed by atoms with van der Waals surface area (Å²) in [6, 6.07) is -0.511. The van der Waals surface area contributed by atoms with Crippen molar-refractivity contribution in [2.75, 3.05) is 6.54 Å².